The molecular weight excluding hydrogens is 378 g/mol. The van der Waals surface area contributed by atoms with Crippen LogP contribution in [0.4, 0.5) is 5.69 Å². The van der Waals surface area contributed by atoms with Crippen LogP contribution in [0.5, 0.6) is 5.75 Å². The van der Waals surface area contributed by atoms with Gasteiger partial charge >= 0.3 is 0 Å². The quantitative estimate of drug-likeness (QED) is 0.716. The summed E-state index contributed by atoms with van der Waals surface area (Å²) in [6, 6.07) is 14.9. The van der Waals surface area contributed by atoms with Gasteiger partial charge in [-0.3, -0.25) is 9.59 Å². The van der Waals surface area contributed by atoms with E-state index in [1.165, 1.54) is 4.90 Å². The van der Waals surface area contributed by atoms with Crippen LogP contribution in [-0.2, 0) is 9.59 Å². The number of nitrogens with zero attached hydrogens (tertiary/aromatic N) is 3. The number of hydrogen-bond acceptors (Lipinski definition) is 5. The number of ether oxygens (including phenoxy) is 1. The largest absolute Gasteiger partial charge is 0.494 e. The van der Waals surface area contributed by atoms with Crippen LogP contribution in [0.15, 0.2) is 54.2 Å². The molecule has 2 aliphatic rings. The molecule has 0 bridgehead atoms. The van der Waals surface area contributed by atoms with Gasteiger partial charge in [-0.05, 0) is 50.7 Å². The highest BCUT2D eigenvalue weighted by molar-refractivity contribution is 6.45. The molecule has 4 rings (SSSR count). The van der Waals surface area contributed by atoms with E-state index in [1.807, 2.05) is 38.1 Å². The van der Waals surface area contributed by atoms with Gasteiger partial charge in [-0.1, -0.05) is 29.8 Å². The monoisotopic (exact) mass is 405 g/mol. The van der Waals surface area contributed by atoms with Crippen LogP contribution in [0, 0.1) is 6.92 Å². The highest BCUT2D eigenvalue weighted by Gasteiger charge is 2.42. The van der Waals surface area contributed by atoms with E-state index in [0.29, 0.717) is 29.3 Å². The number of rotatable bonds is 5. The number of imide groups is 1. The molecular formula is C24H27N3O3. The lowest BCUT2D eigenvalue weighted by Crippen LogP contribution is -2.46. The van der Waals surface area contributed by atoms with E-state index in [-0.39, 0.29) is 11.8 Å². The third-order valence-corrected chi connectivity index (χ3v) is 5.63. The second-order valence-electron chi connectivity index (χ2n) is 7.75. The normalized spacial score (nSPS) is 17.8. The van der Waals surface area contributed by atoms with Gasteiger partial charge in [-0.15, -0.1) is 0 Å². The van der Waals surface area contributed by atoms with Crippen molar-refractivity contribution in [3.8, 4) is 5.75 Å². The van der Waals surface area contributed by atoms with Crippen molar-refractivity contribution in [1.82, 2.24) is 9.80 Å². The Kier molecular flexibility index (Phi) is 5.59. The summed E-state index contributed by atoms with van der Waals surface area (Å²) in [6.45, 7) is 7.64. The Morgan fingerprint density at radius 1 is 0.867 bits per heavy atom. The van der Waals surface area contributed by atoms with Crippen LogP contribution in [0.1, 0.15) is 18.1 Å². The summed E-state index contributed by atoms with van der Waals surface area (Å²) in [7, 11) is 2.07. The van der Waals surface area contributed by atoms with Gasteiger partial charge in [-0.2, -0.15) is 0 Å². The molecule has 0 aliphatic carbocycles. The molecule has 156 valence electrons. The van der Waals surface area contributed by atoms with Gasteiger partial charge in [-0.25, -0.2) is 4.90 Å². The van der Waals surface area contributed by atoms with Crippen LogP contribution in [0.25, 0.3) is 5.57 Å². The van der Waals surface area contributed by atoms with Gasteiger partial charge in [0.1, 0.15) is 11.4 Å². The van der Waals surface area contributed by atoms with Crippen LogP contribution < -0.4 is 9.64 Å². The van der Waals surface area contributed by atoms with Gasteiger partial charge in [0.25, 0.3) is 11.8 Å². The van der Waals surface area contributed by atoms with E-state index < -0.39 is 0 Å². The SMILES string of the molecule is CCOc1ccc(N2C(=O)C(c3ccc(C)cc3)=C(N3CCN(C)CC3)C2=O)cc1. The first kappa shape index (κ1) is 20.2. The Labute approximate surface area is 177 Å². The first-order valence-electron chi connectivity index (χ1n) is 10.4. The fourth-order valence-corrected chi connectivity index (χ4v) is 3.91. The maximum Gasteiger partial charge on any atom is 0.282 e. The Morgan fingerprint density at radius 3 is 2.10 bits per heavy atom. The van der Waals surface area contributed by atoms with Crippen molar-refractivity contribution in [3.63, 3.8) is 0 Å². The maximum atomic E-state index is 13.5. The van der Waals surface area contributed by atoms with E-state index in [0.717, 1.165) is 37.3 Å². The molecule has 2 aromatic rings. The summed E-state index contributed by atoms with van der Waals surface area (Å²) in [5, 5.41) is 0. The highest BCUT2D eigenvalue weighted by atomic mass is 16.5. The number of piperazine rings is 1. The standard InChI is InChI=1S/C24H27N3O3/c1-4-30-20-11-9-19(10-12-20)27-23(28)21(18-7-5-17(2)6-8-18)22(24(27)29)26-15-13-25(3)14-16-26/h5-12H,4,13-16H2,1-3H3. The van der Waals surface area contributed by atoms with E-state index in [9.17, 15) is 9.59 Å². The zero-order valence-corrected chi connectivity index (χ0v) is 17.7. The minimum atomic E-state index is -0.276. The lowest BCUT2D eigenvalue weighted by atomic mass is 10.0. The number of carbonyl (C=O) groups is 2. The molecule has 0 atom stereocenters. The fourth-order valence-electron chi connectivity index (χ4n) is 3.91. The predicted molar refractivity (Wildman–Crippen MR) is 117 cm³/mol. The van der Waals surface area contributed by atoms with Crippen LogP contribution in [-0.4, -0.2) is 61.4 Å². The molecule has 2 aliphatic heterocycles. The molecule has 2 amide bonds. The van der Waals surface area contributed by atoms with Crippen LogP contribution in [0.3, 0.4) is 0 Å². The van der Waals surface area contributed by atoms with Crippen LogP contribution >= 0.6 is 0 Å². The molecule has 0 radical (unpaired) electrons. The van der Waals surface area contributed by atoms with E-state index >= 15 is 0 Å². The number of carbonyl (C=O) groups excluding carboxylic acids is 2. The zero-order chi connectivity index (χ0) is 21.3. The summed E-state index contributed by atoms with van der Waals surface area (Å²) in [4.78, 5) is 32.6. The molecule has 1 saturated heterocycles. The summed E-state index contributed by atoms with van der Waals surface area (Å²) >= 11 is 0. The minimum Gasteiger partial charge on any atom is -0.494 e. The zero-order valence-electron chi connectivity index (χ0n) is 17.7. The molecule has 0 unspecified atom stereocenters. The minimum absolute atomic E-state index is 0.260. The van der Waals surface area contributed by atoms with Gasteiger partial charge in [0.15, 0.2) is 0 Å². The van der Waals surface area contributed by atoms with E-state index in [4.69, 9.17) is 4.74 Å². The second kappa shape index (κ2) is 8.32. The van der Waals surface area contributed by atoms with Crippen molar-refractivity contribution in [2.24, 2.45) is 0 Å². The number of likely N-dealkylation sites (N-methyl/N-ethyl adjacent to an activating group) is 1. The maximum absolute atomic E-state index is 13.5. The van der Waals surface area contributed by atoms with E-state index in [2.05, 4.69) is 16.8 Å². The second-order valence-corrected chi connectivity index (χ2v) is 7.75. The number of aryl methyl sites for hydroxylation is 1. The molecule has 1 fully saturated rings. The molecule has 6 nitrogen and oxygen atoms in total. The van der Waals surface area contributed by atoms with Crippen LogP contribution in [0.2, 0.25) is 0 Å². The fraction of sp³-hybridized carbons (Fsp3) is 0.333. The summed E-state index contributed by atoms with van der Waals surface area (Å²) < 4.78 is 5.49. The van der Waals surface area contributed by atoms with Gasteiger partial charge in [0, 0.05) is 26.2 Å². The molecule has 6 heteroatoms. The average Bonchev–Trinajstić information content (AvgIpc) is 3.00. The first-order valence-corrected chi connectivity index (χ1v) is 10.4. The Balaban J connectivity index is 1.74. The van der Waals surface area contributed by atoms with Crippen molar-refractivity contribution in [2.45, 2.75) is 13.8 Å². The topological polar surface area (TPSA) is 53.1 Å². The number of benzene rings is 2. The van der Waals surface area contributed by atoms with Crippen molar-refractivity contribution in [2.75, 3.05) is 44.7 Å². The Bertz CT molecular complexity index is 972. The van der Waals surface area contributed by atoms with Gasteiger partial charge < -0.3 is 14.5 Å². The molecule has 2 aromatic carbocycles. The first-order chi connectivity index (χ1) is 14.5. The van der Waals surface area contributed by atoms with E-state index in [1.54, 1.807) is 24.3 Å². The lowest BCUT2D eigenvalue weighted by Gasteiger charge is -2.34. The van der Waals surface area contributed by atoms with Gasteiger partial charge in [0.2, 0.25) is 0 Å². The third kappa shape index (κ3) is 3.71. The number of anilines is 1. The van der Waals surface area contributed by atoms with Crippen molar-refractivity contribution in [1.29, 1.82) is 0 Å². The van der Waals surface area contributed by atoms with Crippen molar-refractivity contribution in [3.05, 3.63) is 65.4 Å². The Morgan fingerprint density at radius 2 is 1.50 bits per heavy atom. The third-order valence-electron chi connectivity index (χ3n) is 5.63. The smallest absolute Gasteiger partial charge is 0.282 e. The number of amides is 2. The van der Waals surface area contributed by atoms with Crippen molar-refractivity contribution < 1.29 is 14.3 Å². The molecule has 2 heterocycles. The summed E-state index contributed by atoms with van der Waals surface area (Å²) in [6.07, 6.45) is 0. The van der Waals surface area contributed by atoms with Crippen molar-refractivity contribution >= 4 is 23.1 Å². The molecule has 0 N–H and O–H groups in total. The average molecular weight is 405 g/mol. The molecule has 0 saturated carbocycles. The predicted octanol–water partition coefficient (Wildman–Crippen LogP) is 2.93. The lowest BCUT2D eigenvalue weighted by molar-refractivity contribution is -0.120. The Hall–Kier alpha value is -3.12. The van der Waals surface area contributed by atoms with Gasteiger partial charge in [0.05, 0.1) is 17.9 Å². The summed E-state index contributed by atoms with van der Waals surface area (Å²) in [5.41, 5.74) is 3.44. The molecule has 30 heavy (non-hydrogen) atoms. The molecule has 0 spiro atoms. The number of hydrogen-bond donors (Lipinski definition) is 0. The summed E-state index contributed by atoms with van der Waals surface area (Å²) in [5.74, 6) is 0.178. The highest BCUT2D eigenvalue weighted by Crippen LogP contribution is 2.35. The molecule has 0 aromatic heterocycles.